The Labute approximate surface area is 177 Å². The average Bonchev–Trinajstić information content (AvgIpc) is 2.71. The number of nitro groups is 1. The summed E-state index contributed by atoms with van der Waals surface area (Å²) < 4.78 is 39.8. The maximum Gasteiger partial charge on any atom is 0.433 e. The lowest BCUT2D eigenvalue weighted by atomic mass is 10.1. The fourth-order valence-electron chi connectivity index (χ4n) is 2.41. The van der Waals surface area contributed by atoms with Gasteiger partial charge >= 0.3 is 6.18 Å². The Bertz CT molecular complexity index is 1110. The summed E-state index contributed by atoms with van der Waals surface area (Å²) in [7, 11) is 0. The average molecular weight is 454 g/mol. The minimum atomic E-state index is -4.70. The molecule has 0 bridgehead atoms. The van der Waals surface area contributed by atoms with Crippen LogP contribution in [-0.4, -0.2) is 26.4 Å². The molecule has 6 nitrogen and oxygen atoms in total. The summed E-state index contributed by atoms with van der Waals surface area (Å²) in [5.74, 6) is -0.791. The topological polar surface area (TPSA) is 86.0 Å². The number of alkyl halides is 3. The molecule has 0 amide bonds. The minimum absolute atomic E-state index is 0.0271. The van der Waals surface area contributed by atoms with Crippen molar-refractivity contribution in [3.63, 3.8) is 0 Å². The second-order valence-electron chi connectivity index (χ2n) is 5.94. The van der Waals surface area contributed by atoms with E-state index in [1.807, 2.05) is 0 Å². The van der Waals surface area contributed by atoms with Gasteiger partial charge < -0.3 is 0 Å². The van der Waals surface area contributed by atoms with E-state index in [1.54, 1.807) is 0 Å². The van der Waals surface area contributed by atoms with E-state index in [-0.39, 0.29) is 27.9 Å². The molecule has 2 aromatic carbocycles. The normalized spacial score (nSPS) is 11.3. The Morgan fingerprint density at radius 2 is 1.80 bits per heavy atom. The Kier molecular flexibility index (Phi) is 6.37. The van der Waals surface area contributed by atoms with Gasteiger partial charge in [0.15, 0.2) is 10.9 Å². The number of halogens is 4. The summed E-state index contributed by atoms with van der Waals surface area (Å²) >= 11 is 6.52. The van der Waals surface area contributed by atoms with E-state index in [9.17, 15) is 28.1 Å². The van der Waals surface area contributed by atoms with Crippen LogP contribution in [0.2, 0.25) is 5.02 Å². The summed E-state index contributed by atoms with van der Waals surface area (Å²) in [6.07, 6.45) is -4.70. The Hall–Kier alpha value is -2.98. The number of hydrogen-bond donors (Lipinski definition) is 0. The first-order chi connectivity index (χ1) is 14.1. The van der Waals surface area contributed by atoms with E-state index in [0.717, 1.165) is 12.1 Å². The quantitative estimate of drug-likeness (QED) is 0.156. The van der Waals surface area contributed by atoms with Crippen LogP contribution in [0, 0.1) is 10.1 Å². The molecule has 0 unspecified atom stereocenters. The molecule has 11 heteroatoms. The molecule has 0 saturated heterocycles. The van der Waals surface area contributed by atoms with Crippen LogP contribution in [0.3, 0.4) is 0 Å². The molecule has 0 atom stereocenters. The van der Waals surface area contributed by atoms with E-state index >= 15 is 0 Å². The van der Waals surface area contributed by atoms with E-state index in [0.29, 0.717) is 22.3 Å². The lowest BCUT2D eigenvalue weighted by molar-refractivity contribution is -0.384. The third-order valence-corrected chi connectivity index (χ3v) is 4.95. The van der Waals surface area contributed by atoms with Gasteiger partial charge in [0, 0.05) is 28.3 Å². The highest BCUT2D eigenvalue weighted by atomic mass is 35.5. The summed E-state index contributed by atoms with van der Waals surface area (Å²) in [6, 6.07) is 12.0. The Morgan fingerprint density at radius 3 is 2.43 bits per heavy atom. The van der Waals surface area contributed by atoms with Crippen LogP contribution in [-0.2, 0) is 6.18 Å². The number of nitrogens with zero attached hydrogens (tertiary/aromatic N) is 3. The van der Waals surface area contributed by atoms with Gasteiger partial charge in [0.05, 0.1) is 16.4 Å². The van der Waals surface area contributed by atoms with Gasteiger partial charge in [-0.3, -0.25) is 14.9 Å². The number of Topliss-reactive ketones (excluding diaryl/α,β-unsaturated/α-hetero) is 1. The van der Waals surface area contributed by atoms with Crippen LogP contribution in [0.25, 0.3) is 11.3 Å². The van der Waals surface area contributed by atoms with Gasteiger partial charge in [0.1, 0.15) is 5.69 Å². The highest BCUT2D eigenvalue weighted by Gasteiger charge is 2.34. The van der Waals surface area contributed by atoms with Crippen molar-refractivity contribution in [2.24, 2.45) is 0 Å². The number of thioether (sulfide) groups is 1. The number of rotatable bonds is 6. The van der Waals surface area contributed by atoms with Gasteiger partial charge in [-0.25, -0.2) is 9.97 Å². The zero-order chi connectivity index (χ0) is 21.9. The molecule has 0 aliphatic rings. The number of ketones is 1. The molecule has 3 rings (SSSR count). The summed E-state index contributed by atoms with van der Waals surface area (Å²) in [5.41, 5.74) is -0.904. The molecule has 0 radical (unpaired) electrons. The molecule has 0 saturated carbocycles. The molecule has 30 heavy (non-hydrogen) atoms. The molecule has 1 heterocycles. The van der Waals surface area contributed by atoms with Crippen LogP contribution in [0.1, 0.15) is 16.1 Å². The molecular weight excluding hydrogens is 443 g/mol. The number of aromatic nitrogens is 2. The molecule has 3 aromatic rings. The zero-order valence-electron chi connectivity index (χ0n) is 14.9. The van der Waals surface area contributed by atoms with Crippen LogP contribution < -0.4 is 0 Å². The van der Waals surface area contributed by atoms with Gasteiger partial charge in [0.2, 0.25) is 0 Å². The molecule has 0 fully saturated rings. The molecule has 154 valence electrons. The number of carbonyl (C=O) groups excluding carboxylic acids is 1. The highest BCUT2D eigenvalue weighted by molar-refractivity contribution is 7.99. The molecule has 0 N–H and O–H groups in total. The van der Waals surface area contributed by atoms with Crippen molar-refractivity contribution in [2.75, 3.05) is 5.75 Å². The van der Waals surface area contributed by atoms with Crippen molar-refractivity contribution in [1.82, 2.24) is 9.97 Å². The Morgan fingerprint density at radius 1 is 1.10 bits per heavy atom. The molecular formula is C19H11ClF3N3O3S. The largest absolute Gasteiger partial charge is 0.433 e. The van der Waals surface area contributed by atoms with Crippen LogP contribution >= 0.6 is 23.4 Å². The van der Waals surface area contributed by atoms with Gasteiger partial charge in [-0.15, -0.1) is 0 Å². The number of carbonyl (C=O) groups is 1. The van der Waals surface area contributed by atoms with Crippen LogP contribution in [0.4, 0.5) is 18.9 Å². The van der Waals surface area contributed by atoms with E-state index < -0.39 is 22.6 Å². The molecule has 1 aromatic heterocycles. The number of hydrogen-bond acceptors (Lipinski definition) is 6. The standard InChI is InChI=1S/C19H11ClF3N3O3S/c20-13-6-4-11(5-7-13)15-9-17(19(21,22)23)25-18(24-15)30-10-16(27)12-2-1-3-14(8-12)26(28)29/h1-9H,10H2. The van der Waals surface area contributed by atoms with Crippen LogP contribution in [0.5, 0.6) is 0 Å². The van der Waals surface area contributed by atoms with E-state index in [2.05, 4.69) is 9.97 Å². The number of non-ortho nitro benzene ring substituents is 1. The van der Waals surface area contributed by atoms with Crippen molar-refractivity contribution in [3.05, 3.63) is 81.0 Å². The SMILES string of the molecule is O=C(CSc1nc(-c2ccc(Cl)cc2)cc(C(F)(F)F)n1)c1cccc([N+](=O)[O-])c1. The maximum absolute atomic E-state index is 13.3. The first-order valence-corrected chi connectivity index (χ1v) is 9.62. The highest BCUT2D eigenvalue weighted by Crippen LogP contribution is 2.32. The first kappa shape index (κ1) is 21.7. The first-order valence-electron chi connectivity index (χ1n) is 8.26. The monoisotopic (exact) mass is 453 g/mol. The zero-order valence-corrected chi connectivity index (χ0v) is 16.5. The van der Waals surface area contributed by atoms with E-state index in [4.69, 9.17) is 11.6 Å². The lowest BCUT2D eigenvalue weighted by Crippen LogP contribution is -2.11. The van der Waals surface area contributed by atoms with Gasteiger partial charge in [-0.2, -0.15) is 13.2 Å². The van der Waals surface area contributed by atoms with Gasteiger partial charge in [-0.1, -0.05) is 47.6 Å². The predicted octanol–water partition coefficient (Wildman–Crippen LogP) is 5.70. The summed E-state index contributed by atoms with van der Waals surface area (Å²) in [6.45, 7) is 0. The van der Waals surface area contributed by atoms with Crippen molar-refractivity contribution in [3.8, 4) is 11.3 Å². The second kappa shape index (κ2) is 8.80. The van der Waals surface area contributed by atoms with E-state index in [1.165, 1.54) is 42.5 Å². The van der Waals surface area contributed by atoms with Crippen LogP contribution in [0.15, 0.2) is 59.8 Å². The Balaban J connectivity index is 1.87. The van der Waals surface area contributed by atoms with Crippen molar-refractivity contribution < 1.29 is 22.9 Å². The summed E-state index contributed by atoms with van der Waals surface area (Å²) in [4.78, 5) is 30.1. The van der Waals surface area contributed by atoms with Crippen molar-refractivity contribution in [1.29, 1.82) is 0 Å². The molecule has 0 spiro atoms. The fraction of sp³-hybridized carbons (Fsp3) is 0.105. The molecule has 0 aliphatic carbocycles. The summed E-state index contributed by atoms with van der Waals surface area (Å²) in [5, 5.41) is 11.0. The number of nitro benzene ring substituents is 1. The minimum Gasteiger partial charge on any atom is -0.293 e. The maximum atomic E-state index is 13.3. The van der Waals surface area contributed by atoms with Gasteiger partial charge in [0.25, 0.3) is 5.69 Å². The van der Waals surface area contributed by atoms with Gasteiger partial charge in [-0.05, 0) is 18.2 Å². The van der Waals surface area contributed by atoms with Crippen molar-refractivity contribution >= 4 is 34.8 Å². The van der Waals surface area contributed by atoms with Crippen molar-refractivity contribution in [2.45, 2.75) is 11.3 Å². The number of benzene rings is 2. The fourth-order valence-corrected chi connectivity index (χ4v) is 3.29. The molecule has 0 aliphatic heterocycles. The smallest absolute Gasteiger partial charge is 0.293 e. The lowest BCUT2D eigenvalue weighted by Gasteiger charge is -2.10. The predicted molar refractivity (Wildman–Crippen MR) is 106 cm³/mol. The third-order valence-electron chi connectivity index (χ3n) is 3.85. The second-order valence-corrected chi connectivity index (χ2v) is 7.32. The third kappa shape index (κ3) is 5.33.